The van der Waals surface area contributed by atoms with E-state index in [9.17, 15) is 19.2 Å². The summed E-state index contributed by atoms with van der Waals surface area (Å²) < 4.78 is 34.3. The van der Waals surface area contributed by atoms with Gasteiger partial charge in [0, 0.05) is 11.8 Å². The Morgan fingerprint density at radius 1 is 0.561 bits per heavy atom. The Labute approximate surface area is 342 Å². The normalized spacial score (nSPS) is 37.8. The Morgan fingerprint density at radius 2 is 1.02 bits per heavy atom. The fraction of sp³-hybridized carbons (Fsp3) is 0.915. The van der Waals surface area contributed by atoms with Crippen LogP contribution in [0.2, 0.25) is 0 Å². The van der Waals surface area contributed by atoms with Crippen molar-refractivity contribution < 1.29 is 47.6 Å². The molecule has 8 unspecified atom stereocenters. The summed E-state index contributed by atoms with van der Waals surface area (Å²) in [6.07, 6.45) is 20.9. The zero-order valence-corrected chi connectivity index (χ0v) is 36.1. The van der Waals surface area contributed by atoms with Gasteiger partial charge >= 0.3 is 23.9 Å². The number of hydrogen-bond acceptors (Lipinski definition) is 10. The van der Waals surface area contributed by atoms with Gasteiger partial charge in [0.05, 0.1) is 35.4 Å². The summed E-state index contributed by atoms with van der Waals surface area (Å²) in [4.78, 5) is 50.2. The molecule has 8 bridgehead atoms. The minimum Gasteiger partial charge on any atom is -0.462 e. The molecule has 0 saturated heterocycles. The summed E-state index contributed by atoms with van der Waals surface area (Å²) in [5, 5.41) is 0. The standard InChI is InChI=1S/C26H40O5.C21H34O5/c1-4-25(2,3)24(28)31-22-10-16-8-20(22)21(9-16)23(27)30-15-29-14-26-11-17-5-18(12-26)7-19(6-17)13-26;1-4-21(2,3)20(23)26-18-12-14-10-16(18)17(11-14)19(22)25-13-24-15-8-6-5-7-9-15/h16-22H,4-15H2,1-3H3;14-18H,4-13H2,1-3H3. The van der Waals surface area contributed by atoms with Gasteiger partial charge in [-0.25, -0.2) is 0 Å². The summed E-state index contributed by atoms with van der Waals surface area (Å²) in [6.45, 7) is 12.6. The zero-order valence-electron chi connectivity index (χ0n) is 36.1. The van der Waals surface area contributed by atoms with Crippen LogP contribution in [-0.4, -0.2) is 62.4 Å². The van der Waals surface area contributed by atoms with Gasteiger partial charge in [-0.2, -0.15) is 0 Å². The second-order valence-corrected chi connectivity index (χ2v) is 21.4. The Balaban J connectivity index is 0.000000177. The van der Waals surface area contributed by atoms with Gasteiger partial charge in [-0.1, -0.05) is 33.1 Å². The van der Waals surface area contributed by atoms with Gasteiger partial charge in [0.25, 0.3) is 0 Å². The molecule has 322 valence electrons. The molecular formula is C47H74O10. The van der Waals surface area contributed by atoms with Crippen LogP contribution in [0.5, 0.6) is 0 Å². The number of hydrogen-bond donors (Lipinski definition) is 0. The van der Waals surface area contributed by atoms with Gasteiger partial charge in [-0.15, -0.1) is 0 Å². The predicted octanol–water partition coefficient (Wildman–Crippen LogP) is 9.34. The summed E-state index contributed by atoms with van der Waals surface area (Å²) >= 11 is 0. The molecule has 9 saturated carbocycles. The van der Waals surface area contributed by atoms with E-state index >= 15 is 0 Å². The topological polar surface area (TPSA) is 124 Å². The highest BCUT2D eigenvalue weighted by Crippen LogP contribution is 2.60. The molecule has 0 amide bonds. The van der Waals surface area contributed by atoms with Gasteiger partial charge in [0.1, 0.15) is 12.2 Å². The lowest BCUT2D eigenvalue weighted by atomic mass is 9.50. The minimum atomic E-state index is -0.469. The van der Waals surface area contributed by atoms with Crippen molar-refractivity contribution in [2.45, 2.75) is 182 Å². The molecular weight excluding hydrogens is 725 g/mol. The van der Waals surface area contributed by atoms with Crippen LogP contribution in [-0.2, 0) is 47.6 Å². The lowest BCUT2D eigenvalue weighted by molar-refractivity contribution is -0.177. The fourth-order valence-corrected chi connectivity index (χ4v) is 12.7. The Hall–Kier alpha value is -2.20. The first-order chi connectivity index (χ1) is 27.2. The number of carbonyl (C=O) groups excluding carboxylic acids is 4. The summed E-state index contributed by atoms with van der Waals surface area (Å²) in [5.74, 6) is 2.96. The van der Waals surface area contributed by atoms with Crippen molar-refractivity contribution >= 4 is 23.9 Å². The third-order valence-electron chi connectivity index (χ3n) is 16.4. The Bertz CT molecular complexity index is 1400. The molecule has 10 nitrogen and oxygen atoms in total. The van der Waals surface area contributed by atoms with Crippen molar-refractivity contribution in [1.29, 1.82) is 0 Å². The first-order valence-corrected chi connectivity index (χ1v) is 23.1. The first-order valence-electron chi connectivity index (χ1n) is 23.1. The van der Waals surface area contributed by atoms with Gasteiger partial charge in [-0.3, -0.25) is 19.2 Å². The molecule has 57 heavy (non-hydrogen) atoms. The molecule has 9 aliphatic rings. The smallest absolute Gasteiger partial charge is 0.311 e. The molecule has 10 heteroatoms. The monoisotopic (exact) mass is 799 g/mol. The Kier molecular flexibility index (Phi) is 13.4. The predicted molar refractivity (Wildman–Crippen MR) is 213 cm³/mol. The van der Waals surface area contributed by atoms with Gasteiger partial charge in [-0.05, 0) is 165 Å². The number of rotatable bonds is 15. The second kappa shape index (κ2) is 17.8. The van der Waals surface area contributed by atoms with Crippen molar-refractivity contribution in [2.75, 3.05) is 20.2 Å². The fourth-order valence-electron chi connectivity index (χ4n) is 12.7. The van der Waals surface area contributed by atoms with Gasteiger partial charge in [0.15, 0.2) is 13.6 Å². The largest absolute Gasteiger partial charge is 0.462 e. The lowest BCUT2D eigenvalue weighted by Crippen LogP contribution is -2.48. The van der Waals surface area contributed by atoms with Crippen molar-refractivity contribution in [3.05, 3.63) is 0 Å². The van der Waals surface area contributed by atoms with Crippen LogP contribution in [0.4, 0.5) is 0 Å². The van der Waals surface area contributed by atoms with E-state index in [1.165, 1.54) is 57.8 Å². The molecule has 0 aliphatic heterocycles. The van der Waals surface area contributed by atoms with Crippen molar-refractivity contribution in [1.82, 2.24) is 0 Å². The average Bonchev–Trinajstić information content (AvgIpc) is 3.98. The molecule has 0 aromatic rings. The van der Waals surface area contributed by atoms with Crippen molar-refractivity contribution in [3.63, 3.8) is 0 Å². The number of carbonyl (C=O) groups is 4. The highest BCUT2D eigenvalue weighted by Gasteiger charge is 2.54. The van der Waals surface area contributed by atoms with E-state index in [4.69, 9.17) is 28.4 Å². The number of fused-ring (bicyclic) bond motifs is 4. The van der Waals surface area contributed by atoms with Gasteiger partial charge < -0.3 is 28.4 Å². The van der Waals surface area contributed by atoms with E-state index in [0.717, 1.165) is 88.6 Å². The maximum absolute atomic E-state index is 12.8. The van der Waals surface area contributed by atoms with Crippen LogP contribution in [0.15, 0.2) is 0 Å². The molecule has 0 N–H and O–H groups in total. The van der Waals surface area contributed by atoms with Crippen LogP contribution in [0.1, 0.15) is 164 Å². The van der Waals surface area contributed by atoms with Crippen molar-refractivity contribution in [3.8, 4) is 0 Å². The van der Waals surface area contributed by atoms with Crippen LogP contribution in [0, 0.1) is 69.5 Å². The van der Waals surface area contributed by atoms with Crippen LogP contribution in [0.3, 0.4) is 0 Å². The molecule has 9 fully saturated rings. The third kappa shape index (κ3) is 9.89. The average molecular weight is 799 g/mol. The molecule has 0 spiro atoms. The Morgan fingerprint density at radius 3 is 1.46 bits per heavy atom. The SMILES string of the molecule is CCC(C)(C)C(=O)OC1CC2CC(C(=O)OCOC3CCCCC3)C1C2.CCC(C)(C)C(=O)OC1CC2CC(C(=O)OCOCC34CC5CC(CC(C5)C3)C4)C1C2. The summed E-state index contributed by atoms with van der Waals surface area (Å²) in [5.41, 5.74) is -0.590. The van der Waals surface area contributed by atoms with E-state index < -0.39 is 10.8 Å². The van der Waals surface area contributed by atoms with E-state index in [2.05, 4.69) is 0 Å². The van der Waals surface area contributed by atoms with Crippen LogP contribution >= 0.6 is 0 Å². The van der Waals surface area contributed by atoms with Gasteiger partial charge in [0.2, 0.25) is 0 Å². The van der Waals surface area contributed by atoms with E-state index in [1.807, 2.05) is 41.5 Å². The maximum Gasteiger partial charge on any atom is 0.311 e. The summed E-state index contributed by atoms with van der Waals surface area (Å²) in [7, 11) is 0. The van der Waals surface area contributed by atoms with Crippen LogP contribution < -0.4 is 0 Å². The van der Waals surface area contributed by atoms with Crippen molar-refractivity contribution in [2.24, 2.45) is 69.5 Å². The van der Waals surface area contributed by atoms with E-state index in [-0.39, 0.29) is 79.4 Å². The second-order valence-electron chi connectivity index (χ2n) is 21.4. The molecule has 0 aromatic heterocycles. The third-order valence-corrected chi connectivity index (χ3v) is 16.4. The molecule has 8 atom stereocenters. The summed E-state index contributed by atoms with van der Waals surface area (Å²) in [6, 6.07) is 0. The molecule has 0 heterocycles. The van der Waals surface area contributed by atoms with E-state index in [0.29, 0.717) is 17.3 Å². The highest BCUT2D eigenvalue weighted by atomic mass is 16.7. The maximum atomic E-state index is 12.8. The molecule has 0 radical (unpaired) electrons. The number of ether oxygens (including phenoxy) is 6. The zero-order chi connectivity index (χ0) is 40.5. The molecule has 9 rings (SSSR count). The number of esters is 4. The minimum absolute atomic E-state index is 0.0602. The molecule has 0 aromatic carbocycles. The molecule has 9 aliphatic carbocycles. The van der Waals surface area contributed by atoms with E-state index in [1.54, 1.807) is 0 Å². The quantitative estimate of drug-likeness (QED) is 0.0685. The first kappa shape index (κ1) is 42.9. The van der Waals surface area contributed by atoms with Crippen LogP contribution in [0.25, 0.3) is 0 Å². The highest BCUT2D eigenvalue weighted by molar-refractivity contribution is 5.77. The lowest BCUT2D eigenvalue weighted by Gasteiger charge is -2.56.